The number of hydrogen-bond donors (Lipinski definition) is 2. The van der Waals surface area contributed by atoms with Crippen LogP contribution < -0.4 is 14.4 Å². The van der Waals surface area contributed by atoms with Crippen molar-refractivity contribution in [3.05, 3.63) is 83.4 Å². The first-order chi connectivity index (χ1) is 20.5. The van der Waals surface area contributed by atoms with Crippen LogP contribution >= 0.6 is 11.6 Å². The van der Waals surface area contributed by atoms with Gasteiger partial charge in [-0.05, 0) is 104 Å². The first kappa shape index (κ1) is 33.1. The average molecular weight is 629 g/mol. The van der Waals surface area contributed by atoms with Crippen molar-refractivity contribution in [2.24, 2.45) is 17.8 Å². The van der Waals surface area contributed by atoms with Gasteiger partial charge < -0.3 is 14.7 Å². The van der Waals surface area contributed by atoms with Crippen LogP contribution in [0.3, 0.4) is 0 Å². The molecule has 0 bridgehead atoms. The number of carbonyl (C=O) groups is 1. The normalized spacial score (nSPS) is 20.3. The van der Waals surface area contributed by atoms with Gasteiger partial charge in [0.05, 0.1) is 17.0 Å². The molecule has 2 aliphatic rings. The third-order valence-corrected chi connectivity index (χ3v) is 11.1. The molecule has 0 unspecified atom stereocenters. The van der Waals surface area contributed by atoms with E-state index in [4.69, 9.17) is 16.3 Å². The lowest BCUT2D eigenvalue weighted by atomic mass is 9.69. The number of ether oxygens (including phenoxy) is 1. The van der Waals surface area contributed by atoms with Crippen LogP contribution in [0.15, 0.2) is 61.7 Å². The van der Waals surface area contributed by atoms with E-state index in [9.17, 15) is 18.3 Å². The maximum Gasteiger partial charge on any atom is 0.264 e. The summed E-state index contributed by atoms with van der Waals surface area (Å²) in [5, 5.41) is 10.6. The zero-order valence-corrected chi connectivity index (χ0v) is 26.9. The highest BCUT2D eigenvalue weighted by molar-refractivity contribution is 7.90. The fourth-order valence-electron chi connectivity index (χ4n) is 6.22. The number of fused-ring (bicyclic) bond motifs is 2. The second-order valence-corrected chi connectivity index (χ2v) is 14.5. The number of carbonyl (C=O) groups excluding carboxylic acids is 1. The van der Waals surface area contributed by atoms with Gasteiger partial charge in [-0.25, -0.2) is 13.1 Å². The van der Waals surface area contributed by atoms with Gasteiger partial charge in [0, 0.05) is 23.7 Å². The Morgan fingerprint density at radius 1 is 1.12 bits per heavy atom. The minimum atomic E-state index is -3.93. The average Bonchev–Trinajstić information content (AvgIpc) is 2.96. The molecule has 0 radical (unpaired) electrons. The molecule has 9 heteroatoms. The van der Waals surface area contributed by atoms with Crippen molar-refractivity contribution >= 4 is 33.2 Å². The van der Waals surface area contributed by atoms with Crippen LogP contribution in [0.4, 0.5) is 5.69 Å². The van der Waals surface area contributed by atoms with E-state index in [1.54, 1.807) is 30.4 Å². The van der Waals surface area contributed by atoms with E-state index in [-0.39, 0.29) is 29.7 Å². The molecular formula is C34H45ClN2O5S. The van der Waals surface area contributed by atoms with Crippen LogP contribution in [0.5, 0.6) is 5.75 Å². The molecule has 1 heterocycles. The molecule has 0 saturated heterocycles. The summed E-state index contributed by atoms with van der Waals surface area (Å²) >= 11 is 6.31. The molecule has 1 saturated carbocycles. The van der Waals surface area contributed by atoms with E-state index in [2.05, 4.69) is 22.8 Å². The Kier molecular flexibility index (Phi) is 11.4. The van der Waals surface area contributed by atoms with Gasteiger partial charge in [0.25, 0.3) is 5.91 Å². The number of aliphatic hydroxyl groups is 1. The van der Waals surface area contributed by atoms with Crippen LogP contribution in [0.2, 0.25) is 5.02 Å². The number of anilines is 1. The van der Waals surface area contributed by atoms with Gasteiger partial charge in [-0.1, -0.05) is 43.7 Å². The van der Waals surface area contributed by atoms with Crippen molar-refractivity contribution in [1.29, 1.82) is 0 Å². The Hall–Kier alpha value is -2.81. The van der Waals surface area contributed by atoms with Crippen LogP contribution in [-0.4, -0.2) is 43.9 Å². The van der Waals surface area contributed by atoms with E-state index in [0.29, 0.717) is 30.3 Å². The Labute approximate surface area is 262 Å². The van der Waals surface area contributed by atoms with Crippen molar-refractivity contribution < 1.29 is 23.1 Å². The lowest BCUT2D eigenvalue weighted by Crippen LogP contribution is -2.43. The minimum absolute atomic E-state index is 0.182. The number of nitrogens with zero attached hydrogens (tertiary/aromatic N) is 1. The Bertz CT molecular complexity index is 1410. The van der Waals surface area contributed by atoms with Crippen molar-refractivity contribution in [2.75, 3.05) is 18.0 Å². The molecule has 2 N–H and O–H groups in total. The predicted molar refractivity (Wildman–Crippen MR) is 174 cm³/mol. The monoisotopic (exact) mass is 628 g/mol. The number of allylic oxidation sites excluding steroid dienone is 1. The fourth-order valence-corrected chi connectivity index (χ4v) is 8.05. The molecule has 2 aromatic rings. The summed E-state index contributed by atoms with van der Waals surface area (Å²) in [6, 6.07) is 11.0. The number of halogens is 1. The molecule has 2 aromatic carbocycles. The largest absolute Gasteiger partial charge is 0.487 e. The molecule has 1 fully saturated rings. The van der Waals surface area contributed by atoms with E-state index < -0.39 is 27.3 Å². The summed E-state index contributed by atoms with van der Waals surface area (Å²) in [5.41, 5.74) is 3.22. The molecule has 43 heavy (non-hydrogen) atoms. The van der Waals surface area contributed by atoms with Crippen molar-refractivity contribution in [3.63, 3.8) is 0 Å². The zero-order valence-electron chi connectivity index (χ0n) is 25.3. The van der Waals surface area contributed by atoms with Gasteiger partial charge in [0.2, 0.25) is 10.0 Å². The topological polar surface area (TPSA) is 95.9 Å². The number of amides is 1. The SMILES string of the molecule is C=CC[C@@H](O)[C@@H]1CC[C@H]1CN1CCCCc2cc(Cl)ccc2COc2ccc(C(=O)NS(=O)(=O)[C@@H](CC=C)C(C)C)cc21. The molecule has 7 nitrogen and oxygen atoms in total. The number of sulfonamides is 1. The van der Waals surface area contributed by atoms with Gasteiger partial charge in [0.15, 0.2) is 0 Å². The van der Waals surface area contributed by atoms with Crippen LogP contribution in [0.1, 0.15) is 73.9 Å². The lowest BCUT2D eigenvalue weighted by Gasteiger charge is -2.43. The molecular weight excluding hydrogens is 584 g/mol. The predicted octanol–water partition coefficient (Wildman–Crippen LogP) is 6.69. The molecule has 4 atom stereocenters. The van der Waals surface area contributed by atoms with Gasteiger partial charge in [-0.3, -0.25) is 4.79 Å². The van der Waals surface area contributed by atoms with Gasteiger partial charge >= 0.3 is 0 Å². The highest BCUT2D eigenvalue weighted by atomic mass is 35.5. The van der Waals surface area contributed by atoms with Crippen molar-refractivity contribution in [2.45, 2.75) is 76.8 Å². The Balaban J connectivity index is 1.67. The Morgan fingerprint density at radius 3 is 2.56 bits per heavy atom. The number of benzene rings is 2. The second-order valence-electron chi connectivity index (χ2n) is 12.2. The third-order valence-electron chi connectivity index (χ3n) is 8.85. The summed E-state index contributed by atoms with van der Waals surface area (Å²) in [4.78, 5) is 15.6. The van der Waals surface area contributed by atoms with E-state index in [1.807, 2.05) is 32.0 Å². The van der Waals surface area contributed by atoms with Crippen LogP contribution in [-0.2, 0) is 23.1 Å². The lowest BCUT2D eigenvalue weighted by molar-refractivity contribution is 0.0181. The third kappa shape index (κ3) is 8.22. The highest BCUT2D eigenvalue weighted by Crippen LogP contribution is 2.41. The molecule has 1 aliphatic heterocycles. The van der Waals surface area contributed by atoms with Gasteiger partial charge in [-0.15, -0.1) is 13.2 Å². The maximum atomic E-state index is 13.4. The van der Waals surface area contributed by atoms with Crippen LogP contribution in [0, 0.1) is 17.8 Å². The molecule has 1 amide bonds. The number of aliphatic hydroxyl groups excluding tert-OH is 1. The summed E-state index contributed by atoms with van der Waals surface area (Å²) in [6.45, 7) is 12.9. The van der Waals surface area contributed by atoms with Gasteiger partial charge in [0.1, 0.15) is 12.4 Å². The van der Waals surface area contributed by atoms with Crippen molar-refractivity contribution in [1.82, 2.24) is 4.72 Å². The number of aryl methyl sites for hydroxylation is 1. The second kappa shape index (κ2) is 14.8. The van der Waals surface area contributed by atoms with E-state index in [0.717, 1.165) is 55.5 Å². The standard InChI is InChI=1S/C34H45ClN2O5S/c1-5-9-31(38)29-16-13-26(29)21-37-18-8-7-11-24-19-28(35)15-12-27(24)22-42-32-17-14-25(20-30(32)37)34(39)36-43(40,41)33(10-6-2)23(3)4/h5-6,12,14-15,17,19-20,23,26,29,31,33,38H,1-2,7-11,13,16,18,21-22H2,3-4H3,(H,36,39)/t26-,29+,31+,33-/m0/s1. The summed E-state index contributed by atoms with van der Waals surface area (Å²) < 4.78 is 35.0. The molecule has 1 aliphatic carbocycles. The molecule has 4 rings (SSSR count). The zero-order chi connectivity index (χ0) is 31.1. The summed E-state index contributed by atoms with van der Waals surface area (Å²) in [5.74, 6) is 0.226. The first-order valence-corrected chi connectivity index (χ1v) is 17.2. The maximum absolute atomic E-state index is 13.4. The number of nitrogens with one attached hydrogen (secondary N) is 1. The molecule has 0 spiro atoms. The fraction of sp³-hybridized carbons (Fsp3) is 0.500. The summed E-state index contributed by atoms with van der Waals surface area (Å²) in [6.07, 6.45) is 8.41. The number of hydrogen-bond acceptors (Lipinski definition) is 6. The minimum Gasteiger partial charge on any atom is -0.487 e. The van der Waals surface area contributed by atoms with Crippen molar-refractivity contribution in [3.8, 4) is 5.75 Å². The molecule has 234 valence electrons. The smallest absolute Gasteiger partial charge is 0.264 e. The summed E-state index contributed by atoms with van der Waals surface area (Å²) in [7, 11) is -3.93. The number of rotatable bonds is 11. The van der Waals surface area contributed by atoms with Gasteiger partial charge in [-0.2, -0.15) is 0 Å². The highest BCUT2D eigenvalue weighted by Gasteiger charge is 2.37. The first-order valence-electron chi connectivity index (χ1n) is 15.3. The molecule has 0 aromatic heterocycles. The van der Waals surface area contributed by atoms with E-state index >= 15 is 0 Å². The Morgan fingerprint density at radius 2 is 1.88 bits per heavy atom. The van der Waals surface area contributed by atoms with E-state index in [1.165, 1.54) is 0 Å². The van der Waals surface area contributed by atoms with Crippen LogP contribution in [0.25, 0.3) is 0 Å². The quantitative estimate of drug-likeness (QED) is 0.269.